The average Bonchev–Trinajstić information content (AvgIpc) is 2.35. The zero-order chi connectivity index (χ0) is 13.7. The van der Waals surface area contributed by atoms with E-state index in [-0.39, 0.29) is 6.61 Å². The molecule has 0 radical (unpaired) electrons. The molecule has 0 saturated carbocycles. The minimum absolute atomic E-state index is 0.240. The molecule has 0 aromatic heterocycles. The van der Waals surface area contributed by atoms with Crippen molar-refractivity contribution in [3.05, 3.63) is 29.3 Å². The Labute approximate surface area is 108 Å². The molecule has 1 unspecified atom stereocenters. The first-order chi connectivity index (χ1) is 8.45. The minimum Gasteiger partial charge on any atom is -0.496 e. The monoisotopic (exact) mass is 251 g/mol. The van der Waals surface area contributed by atoms with E-state index in [9.17, 15) is 4.79 Å². The van der Waals surface area contributed by atoms with Crippen LogP contribution in [-0.2, 0) is 16.1 Å². The molecule has 0 amide bonds. The van der Waals surface area contributed by atoms with Crippen molar-refractivity contribution in [3.8, 4) is 5.75 Å². The lowest BCUT2D eigenvalue weighted by Gasteiger charge is -2.14. The molecular weight excluding hydrogens is 230 g/mol. The van der Waals surface area contributed by atoms with E-state index in [1.54, 1.807) is 14.0 Å². The zero-order valence-corrected chi connectivity index (χ0v) is 11.4. The van der Waals surface area contributed by atoms with Crippen LogP contribution >= 0.6 is 0 Å². The van der Waals surface area contributed by atoms with Crippen molar-refractivity contribution in [3.63, 3.8) is 0 Å². The van der Waals surface area contributed by atoms with Gasteiger partial charge in [0.1, 0.15) is 18.4 Å². The maximum absolute atomic E-state index is 11.3. The molecule has 1 rings (SSSR count). The average molecular weight is 251 g/mol. The maximum atomic E-state index is 11.3. The highest BCUT2D eigenvalue weighted by Crippen LogP contribution is 2.27. The SMILES string of the molecule is COc1ccc(COC(=O)C(C)N)cc1C(C)C. The lowest BCUT2D eigenvalue weighted by molar-refractivity contribution is -0.146. The third-order valence-corrected chi connectivity index (χ3v) is 2.67. The van der Waals surface area contributed by atoms with Crippen LogP contribution in [0, 0.1) is 0 Å². The number of carbonyl (C=O) groups excluding carboxylic acids is 1. The number of rotatable bonds is 5. The van der Waals surface area contributed by atoms with Gasteiger partial charge in [-0.05, 0) is 36.1 Å². The van der Waals surface area contributed by atoms with Gasteiger partial charge < -0.3 is 15.2 Å². The van der Waals surface area contributed by atoms with Crippen LogP contribution in [0.15, 0.2) is 18.2 Å². The summed E-state index contributed by atoms with van der Waals surface area (Å²) in [5, 5.41) is 0. The fraction of sp³-hybridized carbons (Fsp3) is 0.500. The minimum atomic E-state index is -0.590. The molecule has 2 N–H and O–H groups in total. The molecule has 1 atom stereocenters. The van der Waals surface area contributed by atoms with Gasteiger partial charge in [-0.1, -0.05) is 19.9 Å². The molecule has 4 heteroatoms. The fourth-order valence-electron chi connectivity index (χ4n) is 1.61. The zero-order valence-electron chi connectivity index (χ0n) is 11.4. The highest BCUT2D eigenvalue weighted by atomic mass is 16.5. The van der Waals surface area contributed by atoms with Crippen molar-refractivity contribution in [2.45, 2.75) is 39.3 Å². The molecule has 0 fully saturated rings. The van der Waals surface area contributed by atoms with Gasteiger partial charge in [0, 0.05) is 0 Å². The number of esters is 1. The second-order valence-corrected chi connectivity index (χ2v) is 4.63. The fourth-order valence-corrected chi connectivity index (χ4v) is 1.61. The smallest absolute Gasteiger partial charge is 0.322 e. The van der Waals surface area contributed by atoms with E-state index in [2.05, 4.69) is 13.8 Å². The number of hydrogen-bond acceptors (Lipinski definition) is 4. The number of nitrogens with two attached hydrogens (primary N) is 1. The van der Waals surface area contributed by atoms with Gasteiger partial charge in [0.25, 0.3) is 0 Å². The number of methoxy groups -OCH3 is 1. The molecule has 0 aliphatic carbocycles. The topological polar surface area (TPSA) is 61.5 Å². The molecule has 0 heterocycles. The molecular formula is C14H21NO3. The Bertz CT molecular complexity index is 414. The quantitative estimate of drug-likeness (QED) is 0.815. The van der Waals surface area contributed by atoms with E-state index in [1.165, 1.54) is 0 Å². The van der Waals surface area contributed by atoms with Gasteiger partial charge in [-0.3, -0.25) is 4.79 Å². The summed E-state index contributed by atoms with van der Waals surface area (Å²) >= 11 is 0. The Morgan fingerprint density at radius 3 is 2.50 bits per heavy atom. The first-order valence-corrected chi connectivity index (χ1v) is 6.04. The van der Waals surface area contributed by atoms with E-state index in [0.29, 0.717) is 5.92 Å². The normalized spacial score (nSPS) is 12.3. The Morgan fingerprint density at radius 2 is 2.00 bits per heavy atom. The van der Waals surface area contributed by atoms with Gasteiger partial charge in [-0.2, -0.15) is 0 Å². The standard InChI is InChI=1S/C14H21NO3/c1-9(2)12-7-11(5-6-13(12)17-4)8-18-14(16)10(3)15/h5-7,9-10H,8,15H2,1-4H3. The first-order valence-electron chi connectivity index (χ1n) is 6.04. The summed E-state index contributed by atoms with van der Waals surface area (Å²) in [4.78, 5) is 11.3. The Balaban J connectivity index is 2.79. The van der Waals surface area contributed by atoms with Crippen molar-refractivity contribution in [2.24, 2.45) is 5.73 Å². The summed E-state index contributed by atoms with van der Waals surface area (Å²) in [7, 11) is 1.65. The van der Waals surface area contributed by atoms with Gasteiger partial charge in [0.05, 0.1) is 7.11 Å². The van der Waals surface area contributed by atoms with Crippen LogP contribution in [0.3, 0.4) is 0 Å². The molecule has 0 aliphatic rings. The Hall–Kier alpha value is -1.55. The molecule has 0 bridgehead atoms. The second kappa shape index (κ2) is 6.40. The van der Waals surface area contributed by atoms with Crippen molar-refractivity contribution < 1.29 is 14.3 Å². The van der Waals surface area contributed by atoms with Crippen LogP contribution in [0.1, 0.15) is 37.8 Å². The number of hydrogen-bond donors (Lipinski definition) is 1. The summed E-state index contributed by atoms with van der Waals surface area (Å²) in [6, 6.07) is 5.19. The summed E-state index contributed by atoms with van der Waals surface area (Å²) in [5.41, 5.74) is 7.47. The molecule has 0 spiro atoms. The number of ether oxygens (including phenoxy) is 2. The van der Waals surface area contributed by atoms with Crippen LogP contribution in [-0.4, -0.2) is 19.1 Å². The molecule has 100 valence electrons. The highest BCUT2D eigenvalue weighted by molar-refractivity contribution is 5.74. The predicted octanol–water partition coefficient (Wildman–Crippen LogP) is 2.21. The van der Waals surface area contributed by atoms with Gasteiger partial charge in [0.15, 0.2) is 0 Å². The molecule has 4 nitrogen and oxygen atoms in total. The van der Waals surface area contributed by atoms with E-state index in [4.69, 9.17) is 15.2 Å². The summed E-state index contributed by atoms with van der Waals surface area (Å²) < 4.78 is 10.4. The van der Waals surface area contributed by atoms with Crippen LogP contribution in [0.2, 0.25) is 0 Å². The molecule has 18 heavy (non-hydrogen) atoms. The highest BCUT2D eigenvalue weighted by Gasteiger charge is 2.11. The van der Waals surface area contributed by atoms with Crippen molar-refractivity contribution >= 4 is 5.97 Å². The third kappa shape index (κ3) is 3.74. The molecule has 1 aromatic rings. The van der Waals surface area contributed by atoms with E-state index in [1.807, 2.05) is 18.2 Å². The lowest BCUT2D eigenvalue weighted by atomic mass is 10.00. The second-order valence-electron chi connectivity index (χ2n) is 4.63. The van der Waals surface area contributed by atoms with Gasteiger partial charge in [0.2, 0.25) is 0 Å². The largest absolute Gasteiger partial charge is 0.496 e. The summed E-state index contributed by atoms with van der Waals surface area (Å²) in [5.74, 6) is 0.813. The predicted molar refractivity (Wildman–Crippen MR) is 70.5 cm³/mol. The van der Waals surface area contributed by atoms with Crippen molar-refractivity contribution in [1.29, 1.82) is 0 Å². The van der Waals surface area contributed by atoms with E-state index < -0.39 is 12.0 Å². The van der Waals surface area contributed by atoms with Crippen molar-refractivity contribution in [2.75, 3.05) is 7.11 Å². The van der Waals surface area contributed by atoms with Gasteiger partial charge >= 0.3 is 5.97 Å². The third-order valence-electron chi connectivity index (χ3n) is 2.67. The Kier molecular flexibility index (Phi) is 5.16. The van der Waals surface area contributed by atoms with E-state index in [0.717, 1.165) is 16.9 Å². The van der Waals surface area contributed by atoms with E-state index >= 15 is 0 Å². The number of benzene rings is 1. The maximum Gasteiger partial charge on any atom is 0.322 e. The van der Waals surface area contributed by atoms with Crippen molar-refractivity contribution in [1.82, 2.24) is 0 Å². The van der Waals surface area contributed by atoms with Crippen LogP contribution in [0.25, 0.3) is 0 Å². The summed E-state index contributed by atoms with van der Waals surface area (Å²) in [6.07, 6.45) is 0. The number of carbonyl (C=O) groups is 1. The van der Waals surface area contributed by atoms with Gasteiger partial charge in [-0.15, -0.1) is 0 Å². The van der Waals surface area contributed by atoms with Crippen LogP contribution < -0.4 is 10.5 Å². The van der Waals surface area contributed by atoms with Crippen LogP contribution in [0.4, 0.5) is 0 Å². The molecule has 1 aromatic carbocycles. The van der Waals surface area contributed by atoms with Gasteiger partial charge in [-0.25, -0.2) is 0 Å². The Morgan fingerprint density at radius 1 is 1.33 bits per heavy atom. The molecule has 0 aliphatic heterocycles. The first kappa shape index (κ1) is 14.5. The van der Waals surface area contributed by atoms with Crippen LogP contribution in [0.5, 0.6) is 5.75 Å². The molecule has 0 saturated heterocycles. The lowest BCUT2D eigenvalue weighted by Crippen LogP contribution is -2.28. The summed E-state index contributed by atoms with van der Waals surface area (Å²) in [6.45, 7) is 6.03.